The second-order valence-electron chi connectivity index (χ2n) is 3.05. The second kappa shape index (κ2) is 4.06. The Morgan fingerprint density at radius 1 is 1.43 bits per heavy atom. The molecule has 1 heterocycles. The first kappa shape index (κ1) is 11.1. The van der Waals surface area contributed by atoms with E-state index in [4.69, 9.17) is 0 Å². The molecular formula is C9H14N2O2S. The highest BCUT2D eigenvalue weighted by Gasteiger charge is 2.18. The largest absolute Gasteiger partial charge is 0.260 e. The summed E-state index contributed by atoms with van der Waals surface area (Å²) in [6, 6.07) is 3.26. The lowest BCUT2D eigenvalue weighted by molar-refractivity contribution is 0.486. The van der Waals surface area contributed by atoms with Crippen LogP contribution in [0.15, 0.2) is 23.2 Å². The number of aryl methyl sites for hydroxylation is 1. The van der Waals surface area contributed by atoms with Crippen molar-refractivity contribution in [1.82, 2.24) is 9.29 Å². The van der Waals surface area contributed by atoms with Crippen molar-refractivity contribution >= 4 is 10.0 Å². The van der Waals surface area contributed by atoms with Gasteiger partial charge in [-0.3, -0.25) is 4.98 Å². The quantitative estimate of drug-likeness (QED) is 0.755. The summed E-state index contributed by atoms with van der Waals surface area (Å²) in [6.45, 7) is 4.06. The van der Waals surface area contributed by atoms with Crippen LogP contribution >= 0.6 is 0 Å². The molecule has 0 amide bonds. The summed E-state index contributed by atoms with van der Waals surface area (Å²) in [5, 5.41) is 0. The van der Waals surface area contributed by atoms with Gasteiger partial charge in [-0.25, -0.2) is 12.7 Å². The maximum atomic E-state index is 11.8. The predicted molar refractivity (Wildman–Crippen MR) is 54.5 cm³/mol. The minimum Gasteiger partial charge on any atom is -0.260 e. The van der Waals surface area contributed by atoms with Gasteiger partial charge in [0.1, 0.15) is 4.90 Å². The van der Waals surface area contributed by atoms with E-state index >= 15 is 0 Å². The molecule has 0 atom stereocenters. The van der Waals surface area contributed by atoms with Crippen LogP contribution in [0.25, 0.3) is 0 Å². The predicted octanol–water partition coefficient (Wildman–Crippen LogP) is 1.03. The third-order valence-corrected chi connectivity index (χ3v) is 3.95. The first-order valence-electron chi connectivity index (χ1n) is 4.37. The average Bonchev–Trinajstić information content (AvgIpc) is 2.17. The zero-order valence-corrected chi connectivity index (χ0v) is 9.37. The van der Waals surface area contributed by atoms with E-state index < -0.39 is 10.0 Å². The second-order valence-corrected chi connectivity index (χ2v) is 5.10. The van der Waals surface area contributed by atoms with E-state index in [1.165, 1.54) is 10.5 Å². The van der Waals surface area contributed by atoms with E-state index in [0.717, 1.165) is 5.69 Å². The molecule has 1 aromatic heterocycles. The molecule has 0 aliphatic rings. The van der Waals surface area contributed by atoms with E-state index in [1.807, 2.05) is 6.92 Å². The van der Waals surface area contributed by atoms with Crippen molar-refractivity contribution in [3.05, 3.63) is 24.0 Å². The van der Waals surface area contributed by atoms with E-state index in [1.54, 1.807) is 26.1 Å². The normalized spacial score (nSPS) is 12.0. The highest BCUT2D eigenvalue weighted by atomic mass is 32.2. The Labute approximate surface area is 84.6 Å². The summed E-state index contributed by atoms with van der Waals surface area (Å²) in [5.74, 6) is 0. The average molecular weight is 214 g/mol. The van der Waals surface area contributed by atoms with Gasteiger partial charge in [0.15, 0.2) is 0 Å². The molecule has 0 fully saturated rings. The van der Waals surface area contributed by atoms with Crippen molar-refractivity contribution in [2.45, 2.75) is 18.7 Å². The Hall–Kier alpha value is -0.940. The minimum atomic E-state index is -3.33. The van der Waals surface area contributed by atoms with Crippen LogP contribution in [0.5, 0.6) is 0 Å². The molecule has 0 unspecified atom stereocenters. The minimum absolute atomic E-state index is 0.243. The Kier molecular flexibility index (Phi) is 3.23. The van der Waals surface area contributed by atoms with Gasteiger partial charge in [0.2, 0.25) is 10.0 Å². The van der Waals surface area contributed by atoms with Crippen LogP contribution in [0.2, 0.25) is 0 Å². The molecule has 14 heavy (non-hydrogen) atoms. The third-order valence-electron chi connectivity index (χ3n) is 2.04. The summed E-state index contributed by atoms with van der Waals surface area (Å²) in [6.07, 6.45) is 1.39. The van der Waals surface area contributed by atoms with Crippen molar-refractivity contribution < 1.29 is 8.42 Å². The van der Waals surface area contributed by atoms with Crippen molar-refractivity contribution in [1.29, 1.82) is 0 Å². The van der Waals surface area contributed by atoms with Crippen LogP contribution < -0.4 is 0 Å². The summed E-state index contributed by atoms with van der Waals surface area (Å²) >= 11 is 0. The summed E-state index contributed by atoms with van der Waals surface area (Å²) < 4.78 is 24.8. The molecule has 0 aliphatic heterocycles. The molecule has 1 rings (SSSR count). The number of nitrogens with zero attached hydrogens (tertiary/aromatic N) is 2. The fourth-order valence-electron chi connectivity index (χ4n) is 0.957. The molecule has 1 aromatic rings. The maximum absolute atomic E-state index is 11.8. The molecule has 0 aromatic carbocycles. The van der Waals surface area contributed by atoms with Gasteiger partial charge in [-0.05, 0) is 19.1 Å². The number of hydrogen-bond acceptors (Lipinski definition) is 3. The zero-order chi connectivity index (χ0) is 10.8. The molecule has 0 saturated carbocycles. The van der Waals surface area contributed by atoms with Crippen LogP contribution in [-0.2, 0) is 10.0 Å². The molecule has 0 N–H and O–H groups in total. The lowest BCUT2D eigenvalue weighted by atomic mass is 10.4. The van der Waals surface area contributed by atoms with Gasteiger partial charge in [0, 0.05) is 25.5 Å². The molecule has 0 saturated heterocycles. The van der Waals surface area contributed by atoms with E-state index in [0.29, 0.717) is 6.54 Å². The Balaban J connectivity index is 3.11. The fraction of sp³-hybridized carbons (Fsp3) is 0.444. The van der Waals surface area contributed by atoms with Gasteiger partial charge in [-0.2, -0.15) is 0 Å². The van der Waals surface area contributed by atoms with E-state index in [9.17, 15) is 8.42 Å². The highest BCUT2D eigenvalue weighted by molar-refractivity contribution is 7.89. The van der Waals surface area contributed by atoms with Crippen LogP contribution in [-0.4, -0.2) is 31.3 Å². The van der Waals surface area contributed by atoms with Crippen LogP contribution in [0.4, 0.5) is 0 Å². The van der Waals surface area contributed by atoms with Crippen molar-refractivity contribution in [2.75, 3.05) is 13.6 Å². The van der Waals surface area contributed by atoms with Crippen molar-refractivity contribution in [3.8, 4) is 0 Å². The van der Waals surface area contributed by atoms with Crippen molar-refractivity contribution in [2.24, 2.45) is 0 Å². The van der Waals surface area contributed by atoms with Crippen LogP contribution in [0.3, 0.4) is 0 Å². The fourth-order valence-corrected chi connectivity index (χ4v) is 2.08. The smallest absolute Gasteiger partial charge is 0.244 e. The maximum Gasteiger partial charge on any atom is 0.244 e. The van der Waals surface area contributed by atoms with Gasteiger partial charge in [-0.15, -0.1) is 0 Å². The van der Waals surface area contributed by atoms with Gasteiger partial charge in [-0.1, -0.05) is 6.92 Å². The number of sulfonamides is 1. The first-order valence-corrected chi connectivity index (χ1v) is 5.81. The topological polar surface area (TPSA) is 50.3 Å². The van der Waals surface area contributed by atoms with Crippen LogP contribution in [0, 0.1) is 6.92 Å². The monoisotopic (exact) mass is 214 g/mol. The number of aromatic nitrogens is 1. The molecule has 0 bridgehead atoms. The van der Waals surface area contributed by atoms with Crippen molar-refractivity contribution in [3.63, 3.8) is 0 Å². The Morgan fingerprint density at radius 3 is 2.50 bits per heavy atom. The van der Waals surface area contributed by atoms with Gasteiger partial charge in [0.25, 0.3) is 0 Å². The molecule has 5 heteroatoms. The SMILES string of the molecule is CCN(C)S(=O)(=O)c1ccc(C)nc1. The molecule has 0 radical (unpaired) electrons. The number of hydrogen-bond donors (Lipinski definition) is 0. The lowest BCUT2D eigenvalue weighted by Gasteiger charge is -2.14. The van der Waals surface area contributed by atoms with Gasteiger partial charge in [0.05, 0.1) is 0 Å². The third kappa shape index (κ3) is 2.10. The molecule has 0 spiro atoms. The Bertz CT molecular complexity index is 397. The number of pyridine rings is 1. The van der Waals surface area contributed by atoms with Crippen LogP contribution in [0.1, 0.15) is 12.6 Å². The molecular weight excluding hydrogens is 200 g/mol. The zero-order valence-electron chi connectivity index (χ0n) is 8.56. The number of rotatable bonds is 3. The lowest BCUT2D eigenvalue weighted by Crippen LogP contribution is -2.26. The first-order chi connectivity index (χ1) is 6.48. The summed E-state index contributed by atoms with van der Waals surface area (Å²) in [5.41, 5.74) is 0.808. The van der Waals surface area contributed by atoms with E-state index in [-0.39, 0.29) is 4.90 Å². The Morgan fingerprint density at radius 2 is 2.07 bits per heavy atom. The summed E-state index contributed by atoms with van der Waals surface area (Å²) in [4.78, 5) is 4.20. The molecule has 0 aliphatic carbocycles. The highest BCUT2D eigenvalue weighted by Crippen LogP contribution is 2.12. The van der Waals surface area contributed by atoms with Gasteiger partial charge < -0.3 is 0 Å². The molecule has 78 valence electrons. The standard InChI is InChI=1S/C9H14N2O2S/c1-4-11(3)14(12,13)9-6-5-8(2)10-7-9/h5-7H,4H2,1-3H3. The molecule has 4 nitrogen and oxygen atoms in total. The van der Waals surface area contributed by atoms with E-state index in [2.05, 4.69) is 4.98 Å². The van der Waals surface area contributed by atoms with Gasteiger partial charge >= 0.3 is 0 Å². The summed E-state index contributed by atoms with van der Waals surface area (Å²) in [7, 11) is -1.78.